The van der Waals surface area contributed by atoms with E-state index in [1.807, 2.05) is 0 Å². The van der Waals surface area contributed by atoms with Gasteiger partial charge in [-0.15, -0.1) is 0 Å². The maximum absolute atomic E-state index is 5.59. The van der Waals surface area contributed by atoms with Crippen LogP contribution in [0.3, 0.4) is 0 Å². The zero-order chi connectivity index (χ0) is 63.0. The molecule has 9 nitrogen and oxygen atoms in total. The van der Waals surface area contributed by atoms with Gasteiger partial charge in [-0.25, -0.2) is 15.0 Å². The molecule has 6 aromatic heterocycles. The van der Waals surface area contributed by atoms with E-state index in [-0.39, 0.29) is 0 Å². The van der Waals surface area contributed by atoms with Crippen molar-refractivity contribution in [2.24, 2.45) is 0 Å². The molecule has 448 valence electrons. The molecule has 0 spiro atoms. The number of aromatic nitrogens is 9. The molecule has 0 aliphatic rings. The number of hydrogen-bond donors (Lipinski definition) is 0. The van der Waals surface area contributed by atoms with Gasteiger partial charge in [0.25, 0.3) is 0 Å². The first-order valence-corrected chi connectivity index (χ1v) is 32.6. The highest BCUT2D eigenvalue weighted by atomic mass is 15.1. The summed E-state index contributed by atoms with van der Waals surface area (Å²) in [6.07, 6.45) is 0. The molecule has 0 saturated heterocycles. The first-order chi connectivity index (χ1) is 47.6. The second kappa shape index (κ2) is 21.2. The summed E-state index contributed by atoms with van der Waals surface area (Å²) in [5.74, 6) is 2.42. The molecule has 0 saturated carbocycles. The minimum Gasteiger partial charge on any atom is -0.309 e. The average Bonchev–Trinajstić information content (AvgIpc) is 1.57. The van der Waals surface area contributed by atoms with Gasteiger partial charge >= 0.3 is 0 Å². The van der Waals surface area contributed by atoms with Gasteiger partial charge in [0, 0.05) is 66.1 Å². The molecule has 0 bridgehead atoms. The van der Waals surface area contributed by atoms with Crippen molar-refractivity contribution in [1.29, 1.82) is 0 Å². The van der Waals surface area contributed by atoms with Crippen LogP contribution >= 0.6 is 0 Å². The molecule has 6 heterocycles. The second-order valence-electron chi connectivity index (χ2n) is 24.8. The Morgan fingerprint density at radius 3 is 0.833 bits per heavy atom. The third kappa shape index (κ3) is 8.27. The topological polar surface area (TPSA) is 68.2 Å². The Kier molecular flexibility index (Phi) is 11.8. The van der Waals surface area contributed by atoms with E-state index in [1.54, 1.807) is 0 Å². The van der Waals surface area contributed by atoms with Crippen LogP contribution in [0.15, 0.2) is 334 Å². The largest absolute Gasteiger partial charge is 0.309 e. The molecule has 20 aromatic rings. The van der Waals surface area contributed by atoms with Gasteiger partial charge in [-0.05, 0) is 163 Å². The normalized spacial score (nSPS) is 12.0. The van der Waals surface area contributed by atoms with Crippen molar-refractivity contribution in [3.8, 4) is 79.4 Å². The summed E-state index contributed by atoms with van der Waals surface area (Å²) in [6, 6.07) is 120. The molecular formula is C87H55N9. The summed E-state index contributed by atoms with van der Waals surface area (Å²) in [5.41, 5.74) is 23.8. The monoisotopic (exact) mass is 1230 g/mol. The molecule has 0 radical (unpaired) electrons. The molecule has 0 fully saturated rings. The Balaban J connectivity index is 0.776. The summed E-state index contributed by atoms with van der Waals surface area (Å²) in [7, 11) is 0. The Morgan fingerprint density at radius 2 is 0.448 bits per heavy atom. The van der Waals surface area contributed by atoms with E-state index in [9.17, 15) is 0 Å². The van der Waals surface area contributed by atoms with Crippen molar-refractivity contribution < 1.29 is 0 Å². The van der Waals surface area contributed by atoms with Gasteiger partial charge < -0.3 is 13.7 Å². The summed E-state index contributed by atoms with van der Waals surface area (Å²) in [6.45, 7) is 0. The Hall–Kier alpha value is -13.1. The van der Waals surface area contributed by atoms with Crippen LogP contribution in [0, 0.1) is 0 Å². The molecule has 14 aromatic carbocycles. The SMILES string of the molecule is c1ccc(-n2c(-c3cc(-c4nc5ccccc5n4-c4ccccc4)cc(-c4nc5ccccc5n4-c4cccc(-c5ccc6c(c5)c5ccccc5n6-c5cc(-n6c7ccccc7c7ccccc76)cc(-n6c7ccccc7c7ccccc76)c5)c4)c3)nc3ccccc32)cc1. The fourth-order valence-electron chi connectivity index (χ4n) is 15.2. The van der Waals surface area contributed by atoms with Crippen LogP contribution in [0.4, 0.5) is 0 Å². The fourth-order valence-corrected chi connectivity index (χ4v) is 15.2. The molecule has 20 rings (SSSR count). The predicted molar refractivity (Wildman–Crippen MR) is 395 cm³/mol. The van der Waals surface area contributed by atoms with E-state index in [0.29, 0.717) is 0 Å². The zero-order valence-electron chi connectivity index (χ0n) is 51.8. The number of nitrogens with zero attached hydrogens (tertiary/aromatic N) is 9. The smallest absolute Gasteiger partial charge is 0.145 e. The minimum atomic E-state index is 0.795. The molecule has 0 N–H and O–H groups in total. The number of imidazole rings is 3. The van der Waals surface area contributed by atoms with Gasteiger partial charge in [0.1, 0.15) is 17.5 Å². The highest BCUT2D eigenvalue weighted by Crippen LogP contribution is 2.43. The quantitative estimate of drug-likeness (QED) is 0.137. The molecule has 96 heavy (non-hydrogen) atoms. The molecule has 0 aliphatic carbocycles. The van der Waals surface area contributed by atoms with E-state index < -0.39 is 0 Å². The van der Waals surface area contributed by atoms with Gasteiger partial charge in [0.15, 0.2) is 0 Å². The number of hydrogen-bond acceptors (Lipinski definition) is 3. The third-order valence-electron chi connectivity index (χ3n) is 19.4. The number of rotatable bonds is 10. The van der Waals surface area contributed by atoms with Gasteiger partial charge in [-0.1, -0.05) is 182 Å². The van der Waals surface area contributed by atoms with Crippen molar-refractivity contribution in [3.05, 3.63) is 334 Å². The minimum absolute atomic E-state index is 0.795. The third-order valence-corrected chi connectivity index (χ3v) is 19.4. The number of benzene rings is 14. The number of para-hydroxylation sites is 13. The van der Waals surface area contributed by atoms with E-state index in [0.717, 1.165) is 151 Å². The molecule has 9 heteroatoms. The van der Waals surface area contributed by atoms with Crippen LogP contribution in [0.2, 0.25) is 0 Å². The first kappa shape index (κ1) is 53.5. The van der Waals surface area contributed by atoms with Crippen molar-refractivity contribution in [1.82, 2.24) is 42.4 Å². The Morgan fingerprint density at radius 1 is 0.156 bits per heavy atom. The fraction of sp³-hybridized carbons (Fsp3) is 0. The van der Waals surface area contributed by atoms with Crippen LogP contribution in [-0.4, -0.2) is 42.4 Å². The Labute approximate surface area is 550 Å². The molecule has 0 amide bonds. The van der Waals surface area contributed by atoms with E-state index in [4.69, 9.17) is 15.0 Å². The van der Waals surface area contributed by atoms with Crippen LogP contribution < -0.4 is 0 Å². The van der Waals surface area contributed by atoms with Crippen molar-refractivity contribution in [2.45, 2.75) is 0 Å². The lowest BCUT2D eigenvalue weighted by Gasteiger charge is -2.17. The Bertz CT molecular complexity index is 6160. The van der Waals surface area contributed by atoms with Crippen molar-refractivity contribution in [3.63, 3.8) is 0 Å². The summed E-state index contributed by atoms with van der Waals surface area (Å²) in [5, 5.41) is 7.22. The standard InChI is InChI=1S/C87H55N9/c1-3-25-61(26-4-1)94-82-43-20-12-35-73(82)88-85(94)58-48-59(86-89-74-36-13-21-44-83(74)95(86)62-27-5-2-6-28-62)50-60(49-58)87-90-75-37-14-22-45-84(75)96(87)63-29-23-24-56(51-63)57-46-47-81-72(52-57)71-34-11-19-42-80(71)93(81)66-54-64(91-76-38-15-7-30-67(76)68-31-8-16-39-77(68)91)53-65(55-66)92-78-40-17-9-32-69(78)70-33-10-18-41-79(70)92/h1-55H. The molecule has 0 aliphatic heterocycles. The van der Waals surface area contributed by atoms with Gasteiger partial charge in [0.05, 0.1) is 83.3 Å². The maximum atomic E-state index is 5.59. The van der Waals surface area contributed by atoms with Crippen LogP contribution in [0.5, 0.6) is 0 Å². The zero-order valence-corrected chi connectivity index (χ0v) is 51.8. The lowest BCUT2D eigenvalue weighted by molar-refractivity contribution is 1.09. The second-order valence-corrected chi connectivity index (χ2v) is 24.8. The molecule has 0 unspecified atom stereocenters. The van der Waals surface area contributed by atoms with Crippen molar-refractivity contribution >= 4 is 98.5 Å². The number of fused-ring (bicyclic) bond motifs is 12. The van der Waals surface area contributed by atoms with Crippen LogP contribution in [0.25, 0.3) is 178 Å². The highest BCUT2D eigenvalue weighted by molar-refractivity contribution is 6.13. The van der Waals surface area contributed by atoms with Crippen LogP contribution in [0.1, 0.15) is 0 Å². The predicted octanol–water partition coefficient (Wildman–Crippen LogP) is 21.7. The summed E-state index contributed by atoms with van der Waals surface area (Å²) >= 11 is 0. The summed E-state index contributed by atoms with van der Waals surface area (Å²) < 4.78 is 14.2. The van der Waals surface area contributed by atoms with Gasteiger partial charge in [0.2, 0.25) is 0 Å². The highest BCUT2D eigenvalue weighted by Gasteiger charge is 2.25. The lowest BCUT2D eigenvalue weighted by Crippen LogP contribution is -2.03. The van der Waals surface area contributed by atoms with Crippen molar-refractivity contribution in [2.75, 3.05) is 0 Å². The van der Waals surface area contributed by atoms with Gasteiger partial charge in [-0.2, -0.15) is 0 Å². The van der Waals surface area contributed by atoms with E-state index in [2.05, 4.69) is 361 Å². The van der Waals surface area contributed by atoms with E-state index >= 15 is 0 Å². The molecule has 0 atom stereocenters. The maximum Gasteiger partial charge on any atom is 0.145 e. The molecular weight excluding hydrogens is 1170 g/mol. The first-order valence-electron chi connectivity index (χ1n) is 32.6. The average molecular weight is 1230 g/mol. The summed E-state index contributed by atoms with van der Waals surface area (Å²) in [4.78, 5) is 16.5. The lowest BCUT2D eigenvalue weighted by atomic mass is 10.0. The van der Waals surface area contributed by atoms with Gasteiger partial charge in [-0.3, -0.25) is 13.7 Å². The van der Waals surface area contributed by atoms with E-state index in [1.165, 1.54) is 26.9 Å². The van der Waals surface area contributed by atoms with Crippen LogP contribution in [-0.2, 0) is 0 Å².